The van der Waals surface area contributed by atoms with Crippen molar-refractivity contribution in [2.24, 2.45) is 5.92 Å². The van der Waals surface area contributed by atoms with E-state index in [1.54, 1.807) is 0 Å². The molecular weight excluding hydrogens is 588 g/mol. The molecular formula is C40H42N2O5. The van der Waals surface area contributed by atoms with Gasteiger partial charge in [-0.05, 0) is 47.6 Å². The second-order valence-corrected chi connectivity index (χ2v) is 12.4. The molecule has 0 radical (unpaired) electrons. The van der Waals surface area contributed by atoms with Gasteiger partial charge >= 0.3 is 5.97 Å². The normalized spacial score (nSPS) is 15.4. The minimum atomic E-state index is -0.983. The minimum absolute atomic E-state index is 0.0428. The van der Waals surface area contributed by atoms with E-state index in [-0.39, 0.29) is 18.9 Å². The Balaban J connectivity index is 1.30. The molecule has 1 fully saturated rings. The lowest BCUT2D eigenvalue weighted by Crippen LogP contribution is -2.48. The van der Waals surface area contributed by atoms with Gasteiger partial charge in [-0.2, -0.15) is 0 Å². The summed E-state index contributed by atoms with van der Waals surface area (Å²) in [5.74, 6) is -1.42. The van der Waals surface area contributed by atoms with Crippen molar-refractivity contribution in [3.63, 3.8) is 0 Å². The average molecular weight is 631 g/mol. The number of H-pyrrole nitrogens is 1. The molecule has 3 N–H and O–H groups in total. The number of aliphatic hydroxyl groups is 1. The van der Waals surface area contributed by atoms with Crippen LogP contribution in [0, 0.1) is 5.92 Å². The van der Waals surface area contributed by atoms with E-state index in [1.807, 2.05) is 115 Å². The molecule has 3 atom stereocenters. The molecule has 7 heteroatoms. The molecule has 1 aromatic heterocycles. The van der Waals surface area contributed by atoms with E-state index in [9.17, 15) is 14.7 Å². The van der Waals surface area contributed by atoms with E-state index >= 15 is 0 Å². The second-order valence-electron chi connectivity index (χ2n) is 12.4. The number of nitrogens with one attached hydrogen (secondary N) is 2. The van der Waals surface area contributed by atoms with Crippen LogP contribution in [0.5, 0.6) is 5.75 Å². The molecule has 1 heterocycles. The van der Waals surface area contributed by atoms with Crippen LogP contribution in [-0.2, 0) is 34.0 Å². The number of fused-ring (bicyclic) bond motifs is 1. The van der Waals surface area contributed by atoms with Crippen molar-refractivity contribution in [1.82, 2.24) is 10.3 Å². The highest BCUT2D eigenvalue weighted by Crippen LogP contribution is 2.37. The summed E-state index contributed by atoms with van der Waals surface area (Å²) in [6.07, 6.45) is 5.97. The number of rotatable bonds is 13. The van der Waals surface area contributed by atoms with Crippen molar-refractivity contribution < 1.29 is 24.2 Å². The van der Waals surface area contributed by atoms with Crippen LogP contribution in [0.4, 0.5) is 0 Å². The fraction of sp³-hybridized carbons (Fsp3) is 0.300. The number of para-hydroxylation sites is 2. The van der Waals surface area contributed by atoms with Gasteiger partial charge in [0, 0.05) is 29.1 Å². The molecule has 6 rings (SSSR count). The molecule has 0 unspecified atom stereocenters. The van der Waals surface area contributed by atoms with Crippen molar-refractivity contribution in [2.45, 2.75) is 69.8 Å². The smallest absolute Gasteiger partial charge is 0.329 e. The summed E-state index contributed by atoms with van der Waals surface area (Å²) in [5, 5.41) is 15.9. The number of aliphatic hydroxyl groups excluding tert-OH is 1. The highest BCUT2D eigenvalue weighted by atomic mass is 16.5. The zero-order chi connectivity index (χ0) is 32.4. The number of ether oxygens (including phenoxy) is 2. The fourth-order valence-corrected chi connectivity index (χ4v) is 6.64. The van der Waals surface area contributed by atoms with Gasteiger partial charge in [0.1, 0.15) is 25.0 Å². The maximum absolute atomic E-state index is 14.5. The zero-order valence-electron chi connectivity index (χ0n) is 26.5. The van der Waals surface area contributed by atoms with Crippen LogP contribution >= 0.6 is 0 Å². The fourth-order valence-electron chi connectivity index (χ4n) is 6.64. The summed E-state index contributed by atoms with van der Waals surface area (Å²) in [6.45, 7) is 0.408. The van der Waals surface area contributed by atoms with Crippen LogP contribution in [0.15, 0.2) is 115 Å². The standard InChI is InChI=1S/C40H42N2O5/c43-38(30-18-8-3-9-19-30)37(33-21-11-13-23-36(33)46-26-28-14-4-1-5-15-28)39(44)42-35(40(45)47-27-29-16-6-2-7-17-29)24-31-25-41-34-22-12-10-20-32(31)34/h1-2,4-7,10-17,20-23,25,30,35,37-38,41,43H,3,8-9,18-19,24,26-27H2,(H,42,44)/t35-,37+,38+/m0/s1. The highest BCUT2D eigenvalue weighted by Gasteiger charge is 2.38. The third-order valence-electron chi connectivity index (χ3n) is 9.17. The summed E-state index contributed by atoms with van der Waals surface area (Å²) in [4.78, 5) is 31.5. The summed E-state index contributed by atoms with van der Waals surface area (Å²) in [6, 6.07) is 33.6. The number of carbonyl (C=O) groups excluding carboxylic acids is 2. The van der Waals surface area contributed by atoms with Crippen molar-refractivity contribution in [3.8, 4) is 5.75 Å². The second kappa shape index (κ2) is 15.6. The lowest BCUT2D eigenvalue weighted by atomic mass is 9.77. The van der Waals surface area contributed by atoms with Gasteiger partial charge in [0.15, 0.2) is 0 Å². The lowest BCUT2D eigenvalue weighted by molar-refractivity contribution is -0.149. The first-order valence-corrected chi connectivity index (χ1v) is 16.6. The predicted molar refractivity (Wildman–Crippen MR) is 183 cm³/mol. The monoisotopic (exact) mass is 630 g/mol. The molecule has 0 aliphatic heterocycles. The molecule has 5 aromatic rings. The predicted octanol–water partition coefficient (Wildman–Crippen LogP) is 7.24. The molecule has 47 heavy (non-hydrogen) atoms. The Hall–Kier alpha value is -4.88. The van der Waals surface area contributed by atoms with E-state index in [2.05, 4.69) is 10.3 Å². The first-order chi connectivity index (χ1) is 23.1. The Morgan fingerprint density at radius 3 is 2.17 bits per heavy atom. The number of hydrogen-bond acceptors (Lipinski definition) is 5. The van der Waals surface area contributed by atoms with Crippen molar-refractivity contribution in [2.75, 3.05) is 0 Å². The van der Waals surface area contributed by atoms with E-state index in [1.165, 1.54) is 0 Å². The Labute approximate surface area is 275 Å². The summed E-state index contributed by atoms with van der Waals surface area (Å²) in [5.41, 5.74) is 4.28. The third-order valence-corrected chi connectivity index (χ3v) is 9.17. The van der Waals surface area contributed by atoms with Gasteiger partial charge in [0.2, 0.25) is 5.91 Å². The van der Waals surface area contributed by atoms with E-state index in [4.69, 9.17) is 9.47 Å². The van der Waals surface area contributed by atoms with E-state index in [0.717, 1.165) is 59.7 Å². The molecule has 1 saturated carbocycles. The van der Waals surface area contributed by atoms with Crippen molar-refractivity contribution >= 4 is 22.8 Å². The Kier molecular flexibility index (Phi) is 10.7. The SMILES string of the molecule is O=C(OCc1ccccc1)[C@H](Cc1c[nH]c2ccccc12)NC(=O)[C@H](c1ccccc1OCc1ccccc1)[C@H](O)C1CCCCC1. The first-order valence-electron chi connectivity index (χ1n) is 16.6. The molecule has 242 valence electrons. The summed E-state index contributed by atoms with van der Waals surface area (Å²) >= 11 is 0. The Bertz CT molecular complexity index is 1750. The van der Waals surface area contributed by atoms with Crippen LogP contribution in [0.3, 0.4) is 0 Å². The highest BCUT2D eigenvalue weighted by molar-refractivity contribution is 5.91. The van der Waals surface area contributed by atoms with Crippen LogP contribution in [0.1, 0.15) is 60.3 Å². The Morgan fingerprint density at radius 1 is 0.787 bits per heavy atom. The maximum Gasteiger partial charge on any atom is 0.329 e. The molecule has 0 bridgehead atoms. The number of hydrogen-bond donors (Lipinski definition) is 3. The number of aromatic nitrogens is 1. The van der Waals surface area contributed by atoms with Crippen molar-refractivity contribution in [3.05, 3.63) is 138 Å². The molecule has 1 amide bonds. The van der Waals surface area contributed by atoms with Crippen LogP contribution in [0.25, 0.3) is 10.9 Å². The molecule has 0 spiro atoms. The van der Waals surface area contributed by atoms with Gasteiger partial charge in [-0.25, -0.2) is 4.79 Å². The summed E-state index contributed by atoms with van der Waals surface area (Å²) < 4.78 is 12.1. The minimum Gasteiger partial charge on any atom is -0.489 e. The number of carbonyl (C=O) groups is 2. The summed E-state index contributed by atoms with van der Waals surface area (Å²) in [7, 11) is 0. The van der Waals surface area contributed by atoms with Gasteiger partial charge in [0.25, 0.3) is 0 Å². The van der Waals surface area contributed by atoms with Crippen molar-refractivity contribution in [1.29, 1.82) is 0 Å². The van der Waals surface area contributed by atoms with Gasteiger partial charge < -0.3 is 24.9 Å². The van der Waals surface area contributed by atoms with Crippen LogP contribution < -0.4 is 10.1 Å². The third kappa shape index (κ3) is 8.10. The number of amides is 1. The zero-order valence-corrected chi connectivity index (χ0v) is 26.5. The molecule has 1 aliphatic carbocycles. The number of benzene rings is 4. The largest absolute Gasteiger partial charge is 0.489 e. The van der Waals surface area contributed by atoms with Gasteiger partial charge in [-0.1, -0.05) is 116 Å². The molecule has 4 aromatic carbocycles. The average Bonchev–Trinajstić information content (AvgIpc) is 3.54. The number of aromatic amines is 1. The molecule has 0 saturated heterocycles. The molecule has 7 nitrogen and oxygen atoms in total. The molecule has 1 aliphatic rings. The topological polar surface area (TPSA) is 101 Å². The maximum atomic E-state index is 14.5. The lowest BCUT2D eigenvalue weighted by Gasteiger charge is -2.33. The van der Waals surface area contributed by atoms with Gasteiger partial charge in [0.05, 0.1) is 12.0 Å². The number of esters is 1. The van der Waals surface area contributed by atoms with Crippen LogP contribution in [0.2, 0.25) is 0 Å². The first kappa shape index (κ1) is 32.1. The Morgan fingerprint density at radius 2 is 1.43 bits per heavy atom. The quantitative estimate of drug-likeness (QED) is 0.119. The van der Waals surface area contributed by atoms with E-state index < -0.39 is 29.9 Å². The van der Waals surface area contributed by atoms with Crippen LogP contribution in [-0.4, -0.2) is 34.1 Å². The van der Waals surface area contributed by atoms with Gasteiger partial charge in [-0.15, -0.1) is 0 Å². The van der Waals surface area contributed by atoms with Gasteiger partial charge in [-0.3, -0.25) is 4.79 Å². The van der Waals surface area contributed by atoms with E-state index in [0.29, 0.717) is 17.9 Å².